The van der Waals surface area contributed by atoms with E-state index in [2.05, 4.69) is 46.8 Å². The molecule has 31 heavy (non-hydrogen) atoms. The van der Waals surface area contributed by atoms with E-state index < -0.39 is 0 Å². The maximum atomic E-state index is 5.77. The highest BCUT2D eigenvalue weighted by Crippen LogP contribution is 2.21. The number of likely N-dealkylation sites (N-methyl/N-ethyl adjacent to an activating group) is 1. The lowest BCUT2D eigenvalue weighted by atomic mass is 10.1. The standard InChI is InChI=1S/C23H34N4O3.HI/c1-24-23(26-19-8-6-9-21(16-19)30-15-7-14-28-4)25-17-22(27(2)3)18-10-12-20(29-5)13-11-18;/h6,8-13,16,22H,7,14-15,17H2,1-5H3,(H2,24,25,26);1H. The second-order valence-electron chi connectivity index (χ2n) is 7.05. The first-order valence-corrected chi connectivity index (χ1v) is 10.1. The van der Waals surface area contributed by atoms with E-state index in [0.717, 1.165) is 23.6 Å². The van der Waals surface area contributed by atoms with Gasteiger partial charge in [-0.2, -0.15) is 0 Å². The molecule has 0 saturated carbocycles. The zero-order valence-electron chi connectivity index (χ0n) is 19.1. The highest BCUT2D eigenvalue weighted by atomic mass is 127. The van der Waals surface area contributed by atoms with Crippen molar-refractivity contribution in [3.8, 4) is 11.5 Å². The zero-order chi connectivity index (χ0) is 21.8. The van der Waals surface area contributed by atoms with E-state index in [0.29, 0.717) is 25.7 Å². The van der Waals surface area contributed by atoms with Crippen LogP contribution in [0.1, 0.15) is 18.0 Å². The number of hydrogen-bond donors (Lipinski definition) is 2. The van der Waals surface area contributed by atoms with Gasteiger partial charge in [0.05, 0.1) is 19.8 Å². The second kappa shape index (κ2) is 14.9. The van der Waals surface area contributed by atoms with Gasteiger partial charge in [0.25, 0.3) is 0 Å². The predicted octanol–water partition coefficient (Wildman–Crippen LogP) is 4.02. The Kier molecular flexibility index (Phi) is 13.0. The number of rotatable bonds is 11. The van der Waals surface area contributed by atoms with Crippen LogP contribution in [-0.2, 0) is 4.74 Å². The van der Waals surface area contributed by atoms with Crippen LogP contribution < -0.4 is 20.1 Å². The van der Waals surface area contributed by atoms with Crippen LogP contribution in [0.5, 0.6) is 11.5 Å². The Morgan fingerprint density at radius 3 is 2.39 bits per heavy atom. The molecule has 0 amide bonds. The van der Waals surface area contributed by atoms with Crippen molar-refractivity contribution in [2.24, 2.45) is 4.99 Å². The first-order chi connectivity index (χ1) is 14.6. The van der Waals surface area contributed by atoms with E-state index in [-0.39, 0.29) is 30.0 Å². The molecular weight excluding hydrogens is 507 g/mol. The fourth-order valence-corrected chi connectivity index (χ4v) is 2.99. The van der Waals surface area contributed by atoms with Crippen LogP contribution in [0, 0.1) is 0 Å². The molecular formula is C23H35IN4O3. The molecule has 2 N–H and O–H groups in total. The van der Waals surface area contributed by atoms with Crippen LogP contribution in [0.4, 0.5) is 5.69 Å². The number of nitrogens with zero attached hydrogens (tertiary/aromatic N) is 2. The topological polar surface area (TPSA) is 67.4 Å². The minimum Gasteiger partial charge on any atom is -0.497 e. The summed E-state index contributed by atoms with van der Waals surface area (Å²) in [7, 11) is 9.26. The Morgan fingerprint density at radius 1 is 1.03 bits per heavy atom. The number of benzene rings is 2. The van der Waals surface area contributed by atoms with Gasteiger partial charge < -0.3 is 29.7 Å². The average Bonchev–Trinajstić information content (AvgIpc) is 2.76. The summed E-state index contributed by atoms with van der Waals surface area (Å²) in [6, 6.07) is 16.2. The minimum absolute atomic E-state index is 0. The van der Waals surface area contributed by atoms with E-state index in [1.807, 2.05) is 36.4 Å². The number of nitrogens with one attached hydrogen (secondary N) is 2. The summed E-state index contributed by atoms with van der Waals surface area (Å²) < 4.78 is 16.1. The number of hydrogen-bond acceptors (Lipinski definition) is 5. The van der Waals surface area contributed by atoms with Crippen molar-refractivity contribution < 1.29 is 14.2 Å². The van der Waals surface area contributed by atoms with Crippen LogP contribution in [-0.4, -0.2) is 66.0 Å². The Hall–Kier alpha value is -2.04. The smallest absolute Gasteiger partial charge is 0.195 e. The van der Waals surface area contributed by atoms with Gasteiger partial charge in [-0.15, -0.1) is 24.0 Å². The van der Waals surface area contributed by atoms with Gasteiger partial charge in [-0.1, -0.05) is 18.2 Å². The van der Waals surface area contributed by atoms with Crippen molar-refractivity contribution >= 4 is 35.6 Å². The van der Waals surface area contributed by atoms with Gasteiger partial charge in [0.1, 0.15) is 11.5 Å². The van der Waals surface area contributed by atoms with Gasteiger partial charge in [-0.3, -0.25) is 4.99 Å². The zero-order valence-corrected chi connectivity index (χ0v) is 21.4. The maximum absolute atomic E-state index is 5.77. The molecule has 0 spiro atoms. The Bertz CT molecular complexity index is 785. The molecule has 0 aliphatic rings. The van der Waals surface area contributed by atoms with Gasteiger partial charge in [-0.25, -0.2) is 0 Å². The van der Waals surface area contributed by atoms with E-state index >= 15 is 0 Å². The fraction of sp³-hybridized carbons (Fsp3) is 0.435. The number of anilines is 1. The molecule has 1 unspecified atom stereocenters. The molecule has 0 saturated heterocycles. The molecule has 172 valence electrons. The van der Waals surface area contributed by atoms with Gasteiger partial charge in [0.2, 0.25) is 0 Å². The van der Waals surface area contributed by atoms with Gasteiger partial charge in [0.15, 0.2) is 5.96 Å². The molecule has 0 aliphatic carbocycles. The van der Waals surface area contributed by atoms with Gasteiger partial charge in [-0.05, 0) is 43.9 Å². The van der Waals surface area contributed by atoms with E-state index in [4.69, 9.17) is 14.2 Å². The third-order valence-electron chi connectivity index (χ3n) is 4.67. The van der Waals surface area contributed by atoms with E-state index in [1.54, 1.807) is 21.3 Å². The molecule has 0 aliphatic heterocycles. The maximum Gasteiger partial charge on any atom is 0.195 e. The Morgan fingerprint density at radius 2 is 1.77 bits per heavy atom. The fourth-order valence-electron chi connectivity index (χ4n) is 2.99. The predicted molar refractivity (Wildman–Crippen MR) is 138 cm³/mol. The first kappa shape index (κ1) is 27.0. The monoisotopic (exact) mass is 542 g/mol. The molecule has 0 fully saturated rings. The highest BCUT2D eigenvalue weighted by Gasteiger charge is 2.15. The molecule has 2 aromatic carbocycles. The molecule has 7 nitrogen and oxygen atoms in total. The molecule has 0 bridgehead atoms. The number of guanidine groups is 1. The summed E-state index contributed by atoms with van der Waals surface area (Å²) in [5, 5.41) is 6.74. The third-order valence-corrected chi connectivity index (χ3v) is 4.67. The molecule has 0 heterocycles. The summed E-state index contributed by atoms with van der Waals surface area (Å²) in [4.78, 5) is 6.53. The van der Waals surface area contributed by atoms with Gasteiger partial charge in [0, 0.05) is 45.5 Å². The summed E-state index contributed by atoms with van der Waals surface area (Å²) >= 11 is 0. The molecule has 0 radical (unpaired) electrons. The molecule has 2 aromatic rings. The number of ether oxygens (including phenoxy) is 3. The van der Waals surface area contributed by atoms with Crippen LogP contribution >= 0.6 is 24.0 Å². The summed E-state index contributed by atoms with van der Waals surface area (Å²) in [5.41, 5.74) is 2.12. The second-order valence-corrected chi connectivity index (χ2v) is 7.05. The average molecular weight is 542 g/mol. The normalized spacial score (nSPS) is 12.1. The first-order valence-electron chi connectivity index (χ1n) is 10.1. The molecule has 0 aromatic heterocycles. The Balaban J connectivity index is 0.00000480. The highest BCUT2D eigenvalue weighted by molar-refractivity contribution is 14.0. The van der Waals surface area contributed by atoms with Crippen molar-refractivity contribution in [2.75, 3.05) is 60.4 Å². The third kappa shape index (κ3) is 9.32. The largest absolute Gasteiger partial charge is 0.497 e. The lowest BCUT2D eigenvalue weighted by Gasteiger charge is -2.26. The van der Waals surface area contributed by atoms with Gasteiger partial charge >= 0.3 is 0 Å². The van der Waals surface area contributed by atoms with Crippen LogP contribution in [0.15, 0.2) is 53.5 Å². The number of halogens is 1. The van der Waals surface area contributed by atoms with Crippen LogP contribution in [0.3, 0.4) is 0 Å². The molecule has 2 rings (SSSR count). The number of aliphatic imine (C=N–C) groups is 1. The number of methoxy groups -OCH3 is 2. The van der Waals surface area contributed by atoms with Crippen molar-refractivity contribution in [3.63, 3.8) is 0 Å². The van der Waals surface area contributed by atoms with Crippen LogP contribution in [0.2, 0.25) is 0 Å². The molecule has 1 atom stereocenters. The van der Waals surface area contributed by atoms with Crippen molar-refractivity contribution in [1.29, 1.82) is 0 Å². The van der Waals surface area contributed by atoms with Crippen LogP contribution in [0.25, 0.3) is 0 Å². The summed E-state index contributed by atoms with van der Waals surface area (Å²) in [5.74, 6) is 2.37. The minimum atomic E-state index is 0. The molecule has 8 heteroatoms. The van der Waals surface area contributed by atoms with Crippen molar-refractivity contribution in [1.82, 2.24) is 10.2 Å². The summed E-state index contributed by atoms with van der Waals surface area (Å²) in [6.07, 6.45) is 0.856. The van der Waals surface area contributed by atoms with E-state index in [9.17, 15) is 0 Å². The van der Waals surface area contributed by atoms with Crippen molar-refractivity contribution in [3.05, 3.63) is 54.1 Å². The Labute approximate surface area is 203 Å². The quantitative estimate of drug-likeness (QED) is 0.194. The lowest BCUT2D eigenvalue weighted by molar-refractivity contribution is 0.172. The van der Waals surface area contributed by atoms with E-state index in [1.165, 1.54) is 5.56 Å². The SMILES string of the molecule is CN=C(NCC(c1ccc(OC)cc1)N(C)C)Nc1cccc(OCCCOC)c1.I. The van der Waals surface area contributed by atoms with Crippen molar-refractivity contribution in [2.45, 2.75) is 12.5 Å². The summed E-state index contributed by atoms with van der Waals surface area (Å²) in [6.45, 7) is 2.01. The lowest BCUT2D eigenvalue weighted by Crippen LogP contribution is -2.37.